The van der Waals surface area contributed by atoms with E-state index >= 15 is 0 Å². The van der Waals surface area contributed by atoms with Crippen molar-refractivity contribution >= 4 is 29.6 Å². The summed E-state index contributed by atoms with van der Waals surface area (Å²) in [6, 6.07) is 15.2. The van der Waals surface area contributed by atoms with Gasteiger partial charge in [0.1, 0.15) is 0 Å². The number of ether oxygens (including phenoxy) is 2. The van der Waals surface area contributed by atoms with E-state index in [-0.39, 0.29) is 18.3 Å². The molecule has 178 valence electrons. The van der Waals surface area contributed by atoms with Crippen molar-refractivity contribution in [3.05, 3.63) is 53.6 Å². The van der Waals surface area contributed by atoms with Gasteiger partial charge in [-0.25, -0.2) is 4.31 Å². The number of hydrogen-bond acceptors (Lipinski definition) is 7. The van der Waals surface area contributed by atoms with Crippen LogP contribution < -0.4 is 5.32 Å². The van der Waals surface area contributed by atoms with E-state index < -0.39 is 0 Å². The number of piperidine rings is 1. The van der Waals surface area contributed by atoms with Gasteiger partial charge in [-0.15, -0.1) is 11.8 Å². The lowest BCUT2D eigenvalue weighted by Gasteiger charge is -2.37. The monoisotopic (exact) mass is 488 g/mol. The third-order valence-corrected chi connectivity index (χ3v) is 8.20. The molecule has 0 aliphatic carbocycles. The zero-order valence-electron chi connectivity index (χ0n) is 19.0. The van der Waals surface area contributed by atoms with Crippen LogP contribution in [0.5, 0.6) is 0 Å². The molecule has 4 rings (SSSR count). The molecule has 0 saturated carbocycles. The standard InChI is InChI=1S/C25H32N2O4S2/c1-19-2-5-22(16-23(19)33-27-11-8-25(9-12-27)30-14-15-31-25)21-6-3-20(4-7-21)17-32-18-24(29)26-10-13-28/h2-7,16,28H,8-15,17-18H2,1H3,(H,26,29). The van der Waals surface area contributed by atoms with E-state index in [1.807, 2.05) is 11.9 Å². The van der Waals surface area contributed by atoms with Gasteiger partial charge in [-0.3, -0.25) is 4.79 Å². The van der Waals surface area contributed by atoms with E-state index in [0.29, 0.717) is 25.5 Å². The molecule has 0 bridgehead atoms. The summed E-state index contributed by atoms with van der Waals surface area (Å²) in [7, 11) is 0. The van der Waals surface area contributed by atoms with Crippen LogP contribution in [-0.4, -0.2) is 66.3 Å². The molecule has 0 unspecified atom stereocenters. The van der Waals surface area contributed by atoms with Crippen molar-refractivity contribution in [1.82, 2.24) is 9.62 Å². The molecule has 2 fully saturated rings. The van der Waals surface area contributed by atoms with Gasteiger partial charge in [-0.05, 0) is 47.2 Å². The molecule has 2 aliphatic rings. The number of rotatable bonds is 9. The molecule has 6 nitrogen and oxygen atoms in total. The highest BCUT2D eigenvalue weighted by Crippen LogP contribution is 2.37. The van der Waals surface area contributed by atoms with Crippen molar-refractivity contribution in [1.29, 1.82) is 0 Å². The second-order valence-electron chi connectivity index (χ2n) is 8.37. The predicted molar refractivity (Wildman–Crippen MR) is 134 cm³/mol. The van der Waals surface area contributed by atoms with Gasteiger partial charge in [-0.2, -0.15) is 0 Å². The van der Waals surface area contributed by atoms with Crippen molar-refractivity contribution in [3.63, 3.8) is 0 Å². The van der Waals surface area contributed by atoms with Crippen LogP contribution in [0.4, 0.5) is 0 Å². The number of nitrogens with zero attached hydrogens (tertiary/aromatic N) is 1. The SMILES string of the molecule is Cc1ccc(-c2ccc(CSCC(=O)NCCO)cc2)cc1SN1CCC2(CC1)OCCO2. The van der Waals surface area contributed by atoms with Crippen LogP contribution in [0.25, 0.3) is 11.1 Å². The second-order valence-corrected chi connectivity index (χ2v) is 10.5. The maximum atomic E-state index is 11.6. The maximum absolute atomic E-state index is 11.6. The largest absolute Gasteiger partial charge is 0.395 e. The van der Waals surface area contributed by atoms with Crippen LogP contribution in [-0.2, 0) is 20.0 Å². The predicted octanol–water partition coefficient (Wildman–Crippen LogP) is 3.85. The molecule has 2 heterocycles. The van der Waals surface area contributed by atoms with Crippen molar-refractivity contribution in [2.45, 2.75) is 36.2 Å². The molecule has 1 spiro atoms. The minimum atomic E-state index is -0.336. The number of carbonyl (C=O) groups excluding carboxylic acids is 1. The lowest BCUT2D eigenvalue weighted by Crippen LogP contribution is -2.42. The fourth-order valence-corrected chi connectivity index (χ4v) is 5.87. The normalized spacial score (nSPS) is 18.0. The van der Waals surface area contributed by atoms with Gasteiger partial charge < -0.3 is 19.9 Å². The topological polar surface area (TPSA) is 71.0 Å². The van der Waals surface area contributed by atoms with Crippen LogP contribution in [0.3, 0.4) is 0 Å². The third kappa shape index (κ3) is 6.74. The number of hydrogen-bond donors (Lipinski definition) is 2. The highest BCUT2D eigenvalue weighted by atomic mass is 32.2. The van der Waals surface area contributed by atoms with Gasteiger partial charge in [0.05, 0.1) is 25.6 Å². The number of benzene rings is 2. The van der Waals surface area contributed by atoms with Crippen LogP contribution in [0.2, 0.25) is 0 Å². The number of amides is 1. The summed E-state index contributed by atoms with van der Waals surface area (Å²) in [6.45, 7) is 5.79. The first kappa shape index (κ1) is 24.6. The number of aryl methyl sites for hydroxylation is 1. The lowest BCUT2D eigenvalue weighted by atomic mass is 10.0. The van der Waals surface area contributed by atoms with Crippen molar-refractivity contribution in [2.24, 2.45) is 0 Å². The van der Waals surface area contributed by atoms with Crippen LogP contribution in [0.1, 0.15) is 24.0 Å². The molecule has 0 radical (unpaired) electrons. The minimum Gasteiger partial charge on any atom is -0.395 e. The number of aliphatic hydroxyl groups excluding tert-OH is 1. The first-order valence-corrected chi connectivity index (χ1v) is 13.4. The molecule has 1 amide bonds. The number of aliphatic hydroxyl groups is 1. The van der Waals surface area contributed by atoms with Crippen LogP contribution >= 0.6 is 23.7 Å². The highest BCUT2D eigenvalue weighted by Gasteiger charge is 2.40. The molecule has 2 aromatic carbocycles. The van der Waals surface area contributed by atoms with Crippen LogP contribution in [0.15, 0.2) is 47.4 Å². The molecular formula is C25H32N2O4S2. The second kappa shape index (κ2) is 11.7. The van der Waals surface area contributed by atoms with E-state index in [4.69, 9.17) is 14.6 Å². The molecule has 2 N–H and O–H groups in total. The Balaban J connectivity index is 1.32. The Bertz CT molecular complexity index is 923. The molecule has 8 heteroatoms. The molecular weight excluding hydrogens is 456 g/mol. The minimum absolute atomic E-state index is 0.0280. The Kier molecular flexibility index (Phi) is 8.73. The van der Waals surface area contributed by atoms with Crippen LogP contribution in [0, 0.1) is 6.92 Å². The van der Waals surface area contributed by atoms with Gasteiger partial charge in [0.2, 0.25) is 5.91 Å². The zero-order chi connectivity index (χ0) is 23.1. The number of carbonyl (C=O) groups is 1. The summed E-state index contributed by atoms with van der Waals surface area (Å²) in [5, 5.41) is 11.4. The molecule has 2 saturated heterocycles. The van der Waals surface area contributed by atoms with Crippen molar-refractivity contribution in [2.75, 3.05) is 45.2 Å². The quantitative estimate of drug-likeness (QED) is 0.520. The molecule has 2 aliphatic heterocycles. The first-order valence-electron chi connectivity index (χ1n) is 11.4. The zero-order valence-corrected chi connectivity index (χ0v) is 20.7. The number of thioether (sulfide) groups is 1. The third-order valence-electron chi connectivity index (χ3n) is 5.94. The van der Waals surface area contributed by atoms with E-state index in [0.717, 1.165) is 31.7 Å². The van der Waals surface area contributed by atoms with E-state index in [2.05, 4.69) is 59.0 Å². The van der Waals surface area contributed by atoms with E-state index in [9.17, 15) is 4.79 Å². The Morgan fingerprint density at radius 3 is 2.48 bits per heavy atom. The summed E-state index contributed by atoms with van der Waals surface area (Å²) in [6.07, 6.45) is 1.84. The molecule has 0 atom stereocenters. The van der Waals surface area contributed by atoms with Crippen molar-refractivity contribution < 1.29 is 19.4 Å². The molecule has 33 heavy (non-hydrogen) atoms. The lowest BCUT2D eigenvalue weighted by molar-refractivity contribution is -0.178. The summed E-state index contributed by atoms with van der Waals surface area (Å²) >= 11 is 3.41. The summed E-state index contributed by atoms with van der Waals surface area (Å²) in [5.74, 6) is 0.807. The molecule has 2 aromatic rings. The Morgan fingerprint density at radius 2 is 1.79 bits per heavy atom. The smallest absolute Gasteiger partial charge is 0.230 e. The summed E-state index contributed by atoms with van der Waals surface area (Å²) < 4.78 is 14.1. The van der Waals surface area contributed by atoms with Gasteiger partial charge in [0.15, 0.2) is 5.79 Å². The van der Waals surface area contributed by atoms with Gasteiger partial charge in [0, 0.05) is 43.1 Å². The van der Waals surface area contributed by atoms with Crippen molar-refractivity contribution in [3.8, 4) is 11.1 Å². The Morgan fingerprint density at radius 1 is 1.09 bits per heavy atom. The number of nitrogens with one attached hydrogen (secondary N) is 1. The van der Waals surface area contributed by atoms with Gasteiger partial charge >= 0.3 is 0 Å². The van der Waals surface area contributed by atoms with E-state index in [1.54, 1.807) is 11.8 Å². The average molecular weight is 489 g/mol. The first-order chi connectivity index (χ1) is 16.1. The summed E-state index contributed by atoms with van der Waals surface area (Å²) in [5.41, 5.74) is 4.88. The average Bonchev–Trinajstić information content (AvgIpc) is 3.29. The summed E-state index contributed by atoms with van der Waals surface area (Å²) in [4.78, 5) is 12.9. The van der Waals surface area contributed by atoms with E-state index in [1.165, 1.54) is 27.1 Å². The molecule has 0 aromatic heterocycles. The Labute approximate surface area is 204 Å². The maximum Gasteiger partial charge on any atom is 0.230 e. The van der Waals surface area contributed by atoms with Gasteiger partial charge in [-0.1, -0.05) is 36.4 Å². The Hall–Kier alpha value is -1.55. The fraction of sp³-hybridized carbons (Fsp3) is 0.480. The van der Waals surface area contributed by atoms with Gasteiger partial charge in [0.25, 0.3) is 0 Å². The fourth-order valence-electron chi connectivity index (χ4n) is 4.02. The highest BCUT2D eigenvalue weighted by molar-refractivity contribution is 7.99.